The Morgan fingerprint density at radius 2 is 2.13 bits per heavy atom. The van der Waals surface area contributed by atoms with Gasteiger partial charge in [-0.25, -0.2) is 0 Å². The van der Waals surface area contributed by atoms with Gasteiger partial charge in [0.25, 0.3) is 5.56 Å². The zero-order valence-electron chi connectivity index (χ0n) is 12.7. The quantitative estimate of drug-likeness (QED) is 0.652. The zero-order valence-corrected chi connectivity index (χ0v) is 13.5. The van der Waals surface area contributed by atoms with Gasteiger partial charge in [-0.15, -0.1) is 0 Å². The Hall–Kier alpha value is -2.41. The van der Waals surface area contributed by atoms with Gasteiger partial charge in [0, 0.05) is 6.21 Å². The van der Waals surface area contributed by atoms with Gasteiger partial charge in [0.2, 0.25) is 5.88 Å². The van der Waals surface area contributed by atoms with Crippen LogP contribution >= 0.6 is 12.2 Å². The molecular weight excluding hydrogens is 314 g/mol. The molecule has 0 aliphatic heterocycles. The summed E-state index contributed by atoms with van der Waals surface area (Å²) in [4.78, 5) is 18.8. The summed E-state index contributed by atoms with van der Waals surface area (Å²) in [6, 6.07) is 7.35. The predicted molar refractivity (Wildman–Crippen MR) is 90.7 cm³/mol. The molecule has 1 aliphatic rings. The van der Waals surface area contributed by atoms with Crippen LogP contribution in [-0.4, -0.2) is 33.5 Å². The molecule has 0 radical (unpaired) electrons. The minimum Gasteiger partial charge on any atom is -0.494 e. The van der Waals surface area contributed by atoms with E-state index in [9.17, 15) is 9.90 Å². The summed E-state index contributed by atoms with van der Waals surface area (Å²) in [5.74, 6) is 0.509. The molecule has 1 aromatic carbocycles. The molecule has 0 unspecified atom stereocenters. The average Bonchev–Trinajstić information content (AvgIpc) is 3.33. The Morgan fingerprint density at radius 1 is 1.43 bits per heavy atom. The summed E-state index contributed by atoms with van der Waals surface area (Å²) < 4.78 is 6.92. The van der Waals surface area contributed by atoms with E-state index < -0.39 is 5.56 Å². The molecule has 120 valence electrons. The van der Waals surface area contributed by atoms with Crippen LogP contribution < -0.4 is 10.3 Å². The second-order valence-electron chi connectivity index (χ2n) is 5.27. The molecule has 3 rings (SSSR count). The van der Waals surface area contributed by atoms with Crippen molar-refractivity contribution < 1.29 is 9.84 Å². The number of hydrogen-bond acceptors (Lipinski definition) is 5. The van der Waals surface area contributed by atoms with Crippen LogP contribution in [0.3, 0.4) is 0 Å². The van der Waals surface area contributed by atoms with Crippen LogP contribution in [-0.2, 0) is 0 Å². The van der Waals surface area contributed by atoms with Crippen LogP contribution in [0.4, 0.5) is 0 Å². The van der Waals surface area contributed by atoms with E-state index in [4.69, 9.17) is 17.0 Å². The fraction of sp³-hybridized carbons (Fsp3) is 0.312. The molecule has 1 fully saturated rings. The molecular formula is C16H17N3O3S. The van der Waals surface area contributed by atoms with Crippen molar-refractivity contribution >= 4 is 18.4 Å². The van der Waals surface area contributed by atoms with E-state index in [1.807, 2.05) is 6.92 Å². The molecule has 0 atom stereocenters. The molecule has 2 aromatic rings. The third-order valence-corrected chi connectivity index (χ3v) is 3.77. The van der Waals surface area contributed by atoms with E-state index in [2.05, 4.69) is 9.98 Å². The van der Waals surface area contributed by atoms with E-state index in [0.717, 1.165) is 18.6 Å². The third kappa shape index (κ3) is 3.34. The minimum absolute atomic E-state index is 0.111. The van der Waals surface area contributed by atoms with E-state index in [-0.39, 0.29) is 22.3 Å². The van der Waals surface area contributed by atoms with E-state index in [1.54, 1.807) is 24.3 Å². The van der Waals surface area contributed by atoms with Crippen molar-refractivity contribution in [3.05, 3.63) is 45.0 Å². The van der Waals surface area contributed by atoms with E-state index in [1.165, 1.54) is 10.8 Å². The highest BCUT2D eigenvalue weighted by atomic mass is 32.1. The second-order valence-corrected chi connectivity index (χ2v) is 5.65. The maximum absolute atomic E-state index is 12.0. The molecule has 0 saturated heterocycles. The molecule has 0 amide bonds. The molecule has 1 saturated carbocycles. The number of ether oxygens (including phenoxy) is 1. The number of benzene rings is 1. The Kier molecular flexibility index (Phi) is 4.29. The SMILES string of the molecule is CCOc1ccc(-n2c(O)c(C=NC3CC3)c(=O)[nH]c2=S)cc1. The van der Waals surface area contributed by atoms with Crippen molar-refractivity contribution in [2.45, 2.75) is 25.8 Å². The lowest BCUT2D eigenvalue weighted by atomic mass is 10.2. The summed E-state index contributed by atoms with van der Waals surface area (Å²) in [5.41, 5.74) is 0.298. The lowest BCUT2D eigenvalue weighted by Crippen LogP contribution is -2.18. The molecule has 2 N–H and O–H groups in total. The molecule has 0 bridgehead atoms. The van der Waals surface area contributed by atoms with Gasteiger partial charge in [0.05, 0.1) is 18.3 Å². The first-order valence-electron chi connectivity index (χ1n) is 7.45. The van der Waals surface area contributed by atoms with Crippen LogP contribution in [0.25, 0.3) is 5.69 Å². The number of rotatable bonds is 5. The van der Waals surface area contributed by atoms with Gasteiger partial charge in [0.1, 0.15) is 11.3 Å². The van der Waals surface area contributed by atoms with Crippen LogP contribution in [0.1, 0.15) is 25.3 Å². The van der Waals surface area contributed by atoms with Gasteiger partial charge in [-0.3, -0.25) is 19.3 Å². The monoisotopic (exact) mass is 331 g/mol. The number of H-pyrrole nitrogens is 1. The molecule has 1 heterocycles. The summed E-state index contributed by atoms with van der Waals surface area (Å²) in [6.45, 7) is 2.48. The van der Waals surface area contributed by atoms with Gasteiger partial charge in [-0.1, -0.05) is 0 Å². The summed E-state index contributed by atoms with van der Waals surface area (Å²) in [7, 11) is 0. The Bertz CT molecular complexity index is 848. The molecule has 7 heteroatoms. The van der Waals surface area contributed by atoms with Crippen molar-refractivity contribution in [2.75, 3.05) is 6.61 Å². The van der Waals surface area contributed by atoms with Gasteiger partial charge in [-0.05, 0) is 56.2 Å². The highest BCUT2D eigenvalue weighted by molar-refractivity contribution is 7.71. The number of aromatic hydroxyl groups is 1. The van der Waals surface area contributed by atoms with Crippen LogP contribution in [0.2, 0.25) is 0 Å². The van der Waals surface area contributed by atoms with Gasteiger partial charge < -0.3 is 9.84 Å². The Morgan fingerprint density at radius 3 is 2.74 bits per heavy atom. The van der Waals surface area contributed by atoms with Crippen LogP contribution in [0, 0.1) is 4.77 Å². The Labute approximate surface area is 138 Å². The summed E-state index contributed by atoms with van der Waals surface area (Å²) in [5, 5.41) is 10.5. The van der Waals surface area contributed by atoms with Crippen LogP contribution in [0.5, 0.6) is 11.6 Å². The van der Waals surface area contributed by atoms with E-state index >= 15 is 0 Å². The number of aromatic amines is 1. The maximum atomic E-state index is 12.0. The lowest BCUT2D eigenvalue weighted by molar-refractivity contribution is 0.340. The molecule has 1 aromatic heterocycles. The van der Waals surface area contributed by atoms with E-state index in [0.29, 0.717) is 12.3 Å². The standard InChI is InChI=1S/C16H17N3O3S/c1-2-22-12-7-5-11(6-8-12)19-15(21)13(9-17-10-3-4-10)14(20)18-16(19)23/h5-10,21H,2-4H2,1H3,(H,18,20,23). The van der Waals surface area contributed by atoms with Crippen LogP contribution in [0.15, 0.2) is 34.1 Å². The Balaban J connectivity index is 2.05. The number of nitrogens with one attached hydrogen (secondary N) is 1. The fourth-order valence-electron chi connectivity index (χ4n) is 2.16. The lowest BCUT2D eigenvalue weighted by Gasteiger charge is -2.12. The van der Waals surface area contributed by atoms with Gasteiger partial charge in [-0.2, -0.15) is 0 Å². The first-order valence-corrected chi connectivity index (χ1v) is 7.85. The smallest absolute Gasteiger partial charge is 0.264 e. The molecule has 23 heavy (non-hydrogen) atoms. The van der Waals surface area contributed by atoms with Crippen molar-refractivity contribution in [3.8, 4) is 17.3 Å². The zero-order chi connectivity index (χ0) is 16.4. The largest absolute Gasteiger partial charge is 0.494 e. The molecule has 1 aliphatic carbocycles. The average molecular weight is 331 g/mol. The predicted octanol–water partition coefficient (Wildman–Crippen LogP) is 2.58. The second kappa shape index (κ2) is 6.37. The highest BCUT2D eigenvalue weighted by Crippen LogP contribution is 2.24. The molecule has 6 nitrogen and oxygen atoms in total. The number of hydrogen-bond donors (Lipinski definition) is 2. The third-order valence-electron chi connectivity index (χ3n) is 3.49. The van der Waals surface area contributed by atoms with Crippen molar-refractivity contribution in [1.29, 1.82) is 0 Å². The normalized spacial score (nSPS) is 14.3. The number of aromatic nitrogens is 2. The van der Waals surface area contributed by atoms with Gasteiger partial charge >= 0.3 is 0 Å². The first-order chi connectivity index (χ1) is 11.1. The number of nitrogens with zero attached hydrogens (tertiary/aromatic N) is 2. The first kappa shape index (κ1) is 15.5. The van der Waals surface area contributed by atoms with Crippen molar-refractivity contribution in [2.24, 2.45) is 4.99 Å². The highest BCUT2D eigenvalue weighted by Gasteiger charge is 2.20. The fourth-order valence-corrected chi connectivity index (χ4v) is 2.44. The molecule has 0 spiro atoms. The maximum Gasteiger partial charge on any atom is 0.264 e. The minimum atomic E-state index is -0.445. The summed E-state index contributed by atoms with van der Waals surface area (Å²) in [6.07, 6.45) is 3.46. The summed E-state index contributed by atoms with van der Waals surface area (Å²) >= 11 is 5.17. The topological polar surface area (TPSA) is 79.6 Å². The van der Waals surface area contributed by atoms with Gasteiger partial charge in [0.15, 0.2) is 4.77 Å². The number of aliphatic imine (C=N–C) groups is 1. The van der Waals surface area contributed by atoms with Crippen molar-refractivity contribution in [1.82, 2.24) is 9.55 Å². The van der Waals surface area contributed by atoms with Crippen molar-refractivity contribution in [3.63, 3.8) is 0 Å².